The highest BCUT2D eigenvalue weighted by Crippen LogP contribution is 2.34. The van der Waals surface area contributed by atoms with Crippen molar-refractivity contribution >= 4 is 17.0 Å². The summed E-state index contributed by atoms with van der Waals surface area (Å²) in [6.07, 6.45) is 2.60. The van der Waals surface area contributed by atoms with Crippen LogP contribution in [-0.2, 0) is 0 Å². The van der Waals surface area contributed by atoms with E-state index in [1.165, 1.54) is 0 Å². The lowest BCUT2D eigenvalue weighted by atomic mass is 10.2. The summed E-state index contributed by atoms with van der Waals surface area (Å²) < 4.78 is 1.98. The van der Waals surface area contributed by atoms with Crippen molar-refractivity contribution < 1.29 is 5.11 Å². The quantitative estimate of drug-likeness (QED) is 0.764. The second kappa shape index (κ2) is 3.49. The Morgan fingerprint density at radius 3 is 2.88 bits per heavy atom. The standard InChI is InChI=1S/C12H15N3O/c13-12-14-8-4-1-2-5-9(8)15(12)10-6-3-7-11(10)16/h1-2,4-5,10-11,16H,3,6-7H2,(H2,13,14)/t10-,11-/m0/s1. The summed E-state index contributed by atoms with van der Waals surface area (Å²) in [5, 5.41) is 9.94. The number of aliphatic hydroxyl groups is 1. The van der Waals surface area contributed by atoms with Crippen LogP contribution in [-0.4, -0.2) is 20.8 Å². The van der Waals surface area contributed by atoms with Crippen molar-refractivity contribution in [2.24, 2.45) is 0 Å². The maximum absolute atomic E-state index is 9.94. The Bertz CT molecular complexity index is 520. The van der Waals surface area contributed by atoms with E-state index in [4.69, 9.17) is 5.73 Å². The number of rotatable bonds is 1. The molecule has 3 rings (SSSR count). The molecule has 84 valence electrons. The van der Waals surface area contributed by atoms with Gasteiger partial charge in [-0.3, -0.25) is 0 Å². The summed E-state index contributed by atoms with van der Waals surface area (Å²) >= 11 is 0. The van der Waals surface area contributed by atoms with E-state index in [0.717, 1.165) is 30.3 Å². The van der Waals surface area contributed by atoms with E-state index in [1.807, 2.05) is 28.8 Å². The number of nitrogens with two attached hydrogens (primary N) is 1. The van der Waals surface area contributed by atoms with Crippen LogP contribution in [0.4, 0.5) is 5.95 Å². The van der Waals surface area contributed by atoms with Crippen LogP contribution in [0.3, 0.4) is 0 Å². The van der Waals surface area contributed by atoms with Gasteiger partial charge in [0.1, 0.15) is 0 Å². The van der Waals surface area contributed by atoms with Crippen molar-refractivity contribution in [3.63, 3.8) is 0 Å². The van der Waals surface area contributed by atoms with Gasteiger partial charge in [0.2, 0.25) is 5.95 Å². The molecule has 4 nitrogen and oxygen atoms in total. The second-order valence-corrected chi connectivity index (χ2v) is 4.39. The summed E-state index contributed by atoms with van der Waals surface area (Å²) in [6, 6.07) is 7.96. The SMILES string of the molecule is Nc1nc2ccccc2n1[C@H]1CCC[C@@H]1O. The molecule has 0 radical (unpaired) electrons. The first-order chi connectivity index (χ1) is 7.77. The topological polar surface area (TPSA) is 64.1 Å². The van der Waals surface area contributed by atoms with Crippen LogP contribution in [0.1, 0.15) is 25.3 Å². The number of benzene rings is 1. The molecule has 2 aromatic rings. The molecule has 0 bridgehead atoms. The highest BCUT2D eigenvalue weighted by Gasteiger charge is 2.29. The zero-order valence-corrected chi connectivity index (χ0v) is 9.00. The Labute approximate surface area is 93.7 Å². The molecule has 16 heavy (non-hydrogen) atoms. The molecule has 2 atom stereocenters. The number of nitrogens with zero attached hydrogens (tertiary/aromatic N) is 2. The highest BCUT2D eigenvalue weighted by molar-refractivity contribution is 5.78. The second-order valence-electron chi connectivity index (χ2n) is 4.39. The predicted molar refractivity (Wildman–Crippen MR) is 63.0 cm³/mol. The van der Waals surface area contributed by atoms with Crippen molar-refractivity contribution in [3.05, 3.63) is 24.3 Å². The first-order valence-corrected chi connectivity index (χ1v) is 5.68. The number of fused-ring (bicyclic) bond motifs is 1. The Hall–Kier alpha value is -1.55. The van der Waals surface area contributed by atoms with Gasteiger partial charge in [0, 0.05) is 0 Å². The van der Waals surface area contributed by atoms with Gasteiger partial charge in [-0.1, -0.05) is 12.1 Å². The number of hydrogen-bond acceptors (Lipinski definition) is 3. The van der Waals surface area contributed by atoms with E-state index in [2.05, 4.69) is 4.98 Å². The molecule has 0 amide bonds. The van der Waals surface area contributed by atoms with E-state index in [0.29, 0.717) is 5.95 Å². The molecule has 1 aliphatic rings. The molecule has 0 unspecified atom stereocenters. The largest absolute Gasteiger partial charge is 0.391 e. The maximum atomic E-state index is 9.94. The summed E-state index contributed by atoms with van der Waals surface area (Å²) in [4.78, 5) is 4.32. The van der Waals surface area contributed by atoms with Gasteiger partial charge < -0.3 is 15.4 Å². The first-order valence-electron chi connectivity index (χ1n) is 5.68. The molecule has 1 heterocycles. The average Bonchev–Trinajstić information content (AvgIpc) is 2.81. The fourth-order valence-electron chi connectivity index (χ4n) is 2.63. The Morgan fingerprint density at radius 1 is 1.31 bits per heavy atom. The number of hydrogen-bond donors (Lipinski definition) is 2. The lowest BCUT2D eigenvalue weighted by Crippen LogP contribution is -2.19. The third-order valence-electron chi connectivity index (χ3n) is 3.40. The van der Waals surface area contributed by atoms with Crippen LogP contribution in [0.2, 0.25) is 0 Å². The Morgan fingerprint density at radius 2 is 2.12 bits per heavy atom. The normalized spacial score (nSPS) is 25.3. The molecule has 4 heteroatoms. The number of aromatic nitrogens is 2. The molecule has 1 aliphatic carbocycles. The minimum Gasteiger partial charge on any atom is -0.391 e. The number of aliphatic hydroxyl groups excluding tert-OH is 1. The van der Waals surface area contributed by atoms with Gasteiger partial charge in [-0.15, -0.1) is 0 Å². The smallest absolute Gasteiger partial charge is 0.201 e. The summed E-state index contributed by atoms with van der Waals surface area (Å²) in [6.45, 7) is 0. The number of imidazole rings is 1. The van der Waals surface area contributed by atoms with Crippen LogP contribution < -0.4 is 5.73 Å². The average molecular weight is 217 g/mol. The van der Waals surface area contributed by atoms with Crippen LogP contribution in [0.15, 0.2) is 24.3 Å². The molecule has 0 saturated heterocycles. The van der Waals surface area contributed by atoms with Crippen LogP contribution in [0.25, 0.3) is 11.0 Å². The number of anilines is 1. The first kappa shape index (κ1) is 9.66. The molecule has 0 spiro atoms. The fraction of sp³-hybridized carbons (Fsp3) is 0.417. The Kier molecular flexibility index (Phi) is 2.11. The fourth-order valence-corrected chi connectivity index (χ4v) is 2.63. The summed E-state index contributed by atoms with van der Waals surface area (Å²) in [5.41, 5.74) is 7.86. The zero-order chi connectivity index (χ0) is 11.1. The van der Waals surface area contributed by atoms with Gasteiger partial charge >= 0.3 is 0 Å². The minimum atomic E-state index is -0.292. The lowest BCUT2D eigenvalue weighted by molar-refractivity contribution is 0.139. The molecule has 3 N–H and O–H groups in total. The Balaban J connectivity index is 2.18. The van der Waals surface area contributed by atoms with Crippen molar-refractivity contribution in [2.75, 3.05) is 5.73 Å². The van der Waals surface area contributed by atoms with E-state index in [9.17, 15) is 5.11 Å². The van der Waals surface area contributed by atoms with Crippen molar-refractivity contribution in [1.82, 2.24) is 9.55 Å². The minimum absolute atomic E-state index is 0.0902. The van der Waals surface area contributed by atoms with Crippen molar-refractivity contribution in [2.45, 2.75) is 31.4 Å². The molecule has 0 aliphatic heterocycles. The van der Waals surface area contributed by atoms with Gasteiger partial charge in [-0.25, -0.2) is 4.98 Å². The third-order valence-corrected chi connectivity index (χ3v) is 3.40. The van der Waals surface area contributed by atoms with Crippen LogP contribution >= 0.6 is 0 Å². The van der Waals surface area contributed by atoms with Gasteiger partial charge in [0.25, 0.3) is 0 Å². The lowest BCUT2D eigenvalue weighted by Gasteiger charge is -2.18. The van der Waals surface area contributed by atoms with Gasteiger partial charge in [0.15, 0.2) is 0 Å². The number of nitrogen functional groups attached to an aromatic ring is 1. The molecule has 1 aromatic heterocycles. The highest BCUT2D eigenvalue weighted by atomic mass is 16.3. The zero-order valence-electron chi connectivity index (χ0n) is 9.00. The van der Waals surface area contributed by atoms with Crippen LogP contribution in [0.5, 0.6) is 0 Å². The van der Waals surface area contributed by atoms with E-state index in [-0.39, 0.29) is 12.1 Å². The summed E-state index contributed by atoms with van der Waals surface area (Å²) in [5.74, 6) is 0.507. The van der Waals surface area contributed by atoms with E-state index in [1.54, 1.807) is 0 Å². The van der Waals surface area contributed by atoms with E-state index < -0.39 is 0 Å². The number of para-hydroxylation sites is 2. The van der Waals surface area contributed by atoms with Crippen molar-refractivity contribution in [1.29, 1.82) is 0 Å². The molecular formula is C12H15N3O. The van der Waals surface area contributed by atoms with Gasteiger partial charge in [-0.05, 0) is 31.4 Å². The predicted octanol–water partition coefficient (Wildman–Crippen LogP) is 1.70. The van der Waals surface area contributed by atoms with Gasteiger partial charge in [0.05, 0.1) is 23.2 Å². The van der Waals surface area contributed by atoms with Crippen LogP contribution in [0, 0.1) is 0 Å². The van der Waals surface area contributed by atoms with Gasteiger partial charge in [-0.2, -0.15) is 0 Å². The van der Waals surface area contributed by atoms with Crippen molar-refractivity contribution in [3.8, 4) is 0 Å². The van der Waals surface area contributed by atoms with E-state index >= 15 is 0 Å². The molecule has 1 saturated carbocycles. The molecule has 1 fully saturated rings. The summed E-state index contributed by atoms with van der Waals surface area (Å²) in [7, 11) is 0. The maximum Gasteiger partial charge on any atom is 0.201 e. The monoisotopic (exact) mass is 217 g/mol. The third kappa shape index (κ3) is 1.30. The molecule has 1 aromatic carbocycles. The molecular weight excluding hydrogens is 202 g/mol.